The van der Waals surface area contributed by atoms with Crippen LogP contribution in [0.3, 0.4) is 0 Å². The van der Waals surface area contributed by atoms with E-state index in [1.807, 2.05) is 6.92 Å². The third-order valence-electron chi connectivity index (χ3n) is 5.04. The van der Waals surface area contributed by atoms with Crippen LogP contribution in [0, 0.1) is 18.7 Å². The number of halogens is 2. The second-order valence-electron chi connectivity index (χ2n) is 6.88. The van der Waals surface area contributed by atoms with Crippen LogP contribution in [0.25, 0.3) is 22.0 Å². The van der Waals surface area contributed by atoms with Crippen LogP contribution in [0.1, 0.15) is 18.9 Å². The monoisotopic (exact) mass is 384 g/mol. The molecule has 0 saturated heterocycles. The summed E-state index contributed by atoms with van der Waals surface area (Å²) in [4.78, 5) is 33.0. The number of carbonyl (C=O) groups is 1. The first-order valence-electron chi connectivity index (χ1n) is 8.99. The van der Waals surface area contributed by atoms with E-state index in [4.69, 9.17) is 0 Å². The van der Waals surface area contributed by atoms with Crippen LogP contribution in [0.15, 0.2) is 35.5 Å². The Morgan fingerprint density at radius 2 is 2.04 bits per heavy atom. The van der Waals surface area contributed by atoms with Crippen LogP contribution in [-0.4, -0.2) is 26.6 Å². The Balaban J connectivity index is 1.82. The molecule has 0 unspecified atom stereocenters. The lowest BCUT2D eigenvalue weighted by molar-refractivity contribution is -0.117. The molecular formula is C20H18F2N4O2. The maximum absolute atomic E-state index is 13.9. The molecule has 0 aliphatic heterocycles. The minimum absolute atomic E-state index is 0.226. The predicted molar refractivity (Wildman–Crippen MR) is 101 cm³/mol. The van der Waals surface area contributed by atoms with Gasteiger partial charge in [-0.25, -0.2) is 13.8 Å². The number of anilines is 1. The first-order valence-corrected chi connectivity index (χ1v) is 8.99. The van der Waals surface area contributed by atoms with Crippen LogP contribution in [-0.2, 0) is 11.3 Å². The highest BCUT2D eigenvalue weighted by Gasteiger charge is 2.43. The first kappa shape index (κ1) is 18.2. The van der Waals surface area contributed by atoms with Gasteiger partial charge in [-0.05, 0) is 31.9 Å². The summed E-state index contributed by atoms with van der Waals surface area (Å²) in [5, 5.41) is 3.26. The number of alkyl halides is 1. The number of rotatable bonds is 4. The van der Waals surface area contributed by atoms with E-state index in [-0.39, 0.29) is 17.8 Å². The lowest BCUT2D eigenvalue weighted by atomic mass is 10.0. The van der Waals surface area contributed by atoms with Gasteiger partial charge in [0.2, 0.25) is 5.91 Å². The molecule has 1 saturated carbocycles. The summed E-state index contributed by atoms with van der Waals surface area (Å²) in [6, 6.07) is 3.23. The van der Waals surface area contributed by atoms with Crippen LogP contribution >= 0.6 is 0 Å². The maximum atomic E-state index is 13.9. The van der Waals surface area contributed by atoms with Gasteiger partial charge in [0.25, 0.3) is 5.56 Å². The van der Waals surface area contributed by atoms with E-state index in [0.717, 1.165) is 6.20 Å². The Bertz CT molecular complexity index is 1160. The van der Waals surface area contributed by atoms with Gasteiger partial charge in [0.15, 0.2) is 0 Å². The van der Waals surface area contributed by atoms with Crippen molar-refractivity contribution in [3.8, 4) is 11.1 Å². The lowest BCUT2D eigenvalue weighted by Gasteiger charge is -2.13. The molecular weight excluding hydrogens is 366 g/mol. The minimum atomic E-state index is -1.10. The number of carbonyl (C=O) groups excluding carboxylic acids is 1. The molecule has 0 bridgehead atoms. The highest BCUT2D eigenvalue weighted by molar-refractivity contribution is 5.95. The molecule has 1 N–H and O–H groups in total. The van der Waals surface area contributed by atoms with Crippen molar-refractivity contribution in [1.29, 1.82) is 0 Å². The molecule has 2 atom stereocenters. The minimum Gasteiger partial charge on any atom is -0.310 e. The molecule has 28 heavy (non-hydrogen) atoms. The van der Waals surface area contributed by atoms with E-state index in [1.165, 1.54) is 17.0 Å². The number of pyridine rings is 3. The Kier molecular flexibility index (Phi) is 4.41. The van der Waals surface area contributed by atoms with Gasteiger partial charge in [-0.3, -0.25) is 14.6 Å². The number of aromatic nitrogens is 3. The average Bonchev–Trinajstić information content (AvgIpc) is 3.41. The van der Waals surface area contributed by atoms with Crippen LogP contribution < -0.4 is 10.9 Å². The van der Waals surface area contributed by atoms with Crippen LogP contribution in [0.5, 0.6) is 0 Å². The Morgan fingerprint density at radius 1 is 1.29 bits per heavy atom. The molecule has 6 nitrogen and oxygen atoms in total. The molecule has 3 heterocycles. The number of nitrogens with one attached hydrogen (secondary N) is 1. The van der Waals surface area contributed by atoms with Gasteiger partial charge in [-0.1, -0.05) is 0 Å². The third-order valence-corrected chi connectivity index (χ3v) is 5.04. The number of nitrogens with zero attached hydrogens (tertiary/aromatic N) is 3. The fourth-order valence-corrected chi connectivity index (χ4v) is 3.27. The summed E-state index contributed by atoms with van der Waals surface area (Å²) >= 11 is 0. The highest BCUT2D eigenvalue weighted by atomic mass is 19.1. The van der Waals surface area contributed by atoms with Gasteiger partial charge >= 0.3 is 0 Å². The smallest absolute Gasteiger partial charge is 0.258 e. The van der Waals surface area contributed by atoms with Crippen molar-refractivity contribution >= 4 is 22.6 Å². The SMILES string of the molecule is CCn1c(=O)c(-c2cncc(F)c2C)cc2cnc(NC(=O)[C@H]3C[C@@H]3F)cc21. The van der Waals surface area contributed by atoms with E-state index in [9.17, 15) is 18.4 Å². The predicted octanol–water partition coefficient (Wildman–Crippen LogP) is 3.22. The van der Waals surface area contributed by atoms with E-state index < -0.39 is 23.8 Å². The van der Waals surface area contributed by atoms with Crippen LogP contribution in [0.4, 0.5) is 14.6 Å². The fourth-order valence-electron chi connectivity index (χ4n) is 3.27. The molecule has 3 aromatic rings. The van der Waals surface area contributed by atoms with Crippen molar-refractivity contribution in [3.05, 3.63) is 52.5 Å². The second-order valence-corrected chi connectivity index (χ2v) is 6.88. The van der Waals surface area contributed by atoms with Crippen molar-refractivity contribution in [2.24, 2.45) is 5.92 Å². The van der Waals surface area contributed by atoms with Gasteiger partial charge in [-0.2, -0.15) is 0 Å². The fraction of sp³-hybridized carbons (Fsp3) is 0.300. The Hall–Kier alpha value is -3.16. The Labute approximate surface area is 159 Å². The molecule has 4 rings (SSSR count). The van der Waals surface area contributed by atoms with Crippen molar-refractivity contribution in [2.75, 3.05) is 5.32 Å². The number of fused-ring (bicyclic) bond motifs is 1. The standard InChI is InChI=1S/C20H18F2N4O2/c1-3-26-17-6-18(25-19(27)13-5-15(13)21)24-7-11(17)4-12(20(26)28)14-8-23-9-16(22)10(14)2/h4,6-9,13,15H,3,5H2,1-2H3,(H,24,25,27)/t13-,15-/m0/s1. The first-order chi connectivity index (χ1) is 13.4. The van der Waals surface area contributed by atoms with Gasteiger partial charge < -0.3 is 9.88 Å². The molecule has 0 radical (unpaired) electrons. The number of amides is 1. The summed E-state index contributed by atoms with van der Waals surface area (Å²) in [7, 11) is 0. The number of hydrogen-bond acceptors (Lipinski definition) is 4. The molecule has 0 aromatic carbocycles. The molecule has 144 valence electrons. The summed E-state index contributed by atoms with van der Waals surface area (Å²) < 4.78 is 28.5. The number of aryl methyl sites for hydroxylation is 1. The van der Waals surface area contributed by atoms with E-state index in [2.05, 4.69) is 15.3 Å². The molecule has 1 aliphatic carbocycles. The van der Waals surface area contributed by atoms with Crippen molar-refractivity contribution < 1.29 is 13.6 Å². The summed E-state index contributed by atoms with van der Waals surface area (Å²) in [5.41, 5.74) is 1.39. The van der Waals surface area contributed by atoms with Crippen molar-refractivity contribution in [2.45, 2.75) is 33.0 Å². The van der Waals surface area contributed by atoms with E-state index in [1.54, 1.807) is 19.1 Å². The molecule has 3 aromatic heterocycles. The summed E-state index contributed by atoms with van der Waals surface area (Å²) in [6.07, 6.45) is 3.23. The molecule has 1 fully saturated rings. The quantitative estimate of drug-likeness (QED) is 0.749. The lowest BCUT2D eigenvalue weighted by Crippen LogP contribution is -2.22. The van der Waals surface area contributed by atoms with Crippen molar-refractivity contribution in [3.63, 3.8) is 0 Å². The normalized spacial score (nSPS) is 18.3. The van der Waals surface area contributed by atoms with Gasteiger partial charge in [-0.15, -0.1) is 0 Å². The van der Waals surface area contributed by atoms with Crippen LogP contribution in [0.2, 0.25) is 0 Å². The maximum Gasteiger partial charge on any atom is 0.258 e. The zero-order chi connectivity index (χ0) is 20.0. The van der Waals surface area contributed by atoms with E-state index >= 15 is 0 Å². The van der Waals surface area contributed by atoms with E-state index in [0.29, 0.717) is 34.1 Å². The molecule has 8 heteroatoms. The summed E-state index contributed by atoms with van der Waals surface area (Å²) in [6.45, 7) is 3.79. The molecule has 0 spiro atoms. The zero-order valence-electron chi connectivity index (χ0n) is 15.4. The van der Waals surface area contributed by atoms with Gasteiger partial charge in [0, 0.05) is 41.5 Å². The molecule has 1 amide bonds. The topological polar surface area (TPSA) is 76.9 Å². The highest BCUT2D eigenvalue weighted by Crippen LogP contribution is 2.34. The molecule has 1 aliphatic rings. The van der Waals surface area contributed by atoms with Crippen molar-refractivity contribution in [1.82, 2.24) is 14.5 Å². The third kappa shape index (κ3) is 3.04. The summed E-state index contributed by atoms with van der Waals surface area (Å²) in [5.74, 6) is -1.27. The van der Waals surface area contributed by atoms with Gasteiger partial charge in [0.1, 0.15) is 17.8 Å². The average molecular weight is 384 g/mol. The number of hydrogen-bond donors (Lipinski definition) is 1. The van der Waals surface area contributed by atoms with Gasteiger partial charge in [0.05, 0.1) is 17.6 Å². The zero-order valence-corrected chi connectivity index (χ0v) is 15.4. The Morgan fingerprint density at radius 3 is 2.71 bits per heavy atom. The second kappa shape index (κ2) is 6.78. The largest absolute Gasteiger partial charge is 0.310 e.